The number of rotatable bonds is 6. The zero-order valence-corrected chi connectivity index (χ0v) is 11.3. The van der Waals surface area contributed by atoms with E-state index in [4.69, 9.17) is 4.74 Å². The van der Waals surface area contributed by atoms with Crippen LogP contribution in [-0.2, 0) is 4.74 Å². The van der Waals surface area contributed by atoms with Crippen LogP contribution in [0.2, 0.25) is 0 Å². The first kappa shape index (κ1) is 13.9. The second-order valence-corrected chi connectivity index (χ2v) is 4.99. The number of hydrogen-bond acceptors (Lipinski definition) is 3. The molecule has 1 aliphatic rings. The summed E-state index contributed by atoms with van der Waals surface area (Å²) in [5.74, 6) is 0. The summed E-state index contributed by atoms with van der Waals surface area (Å²) in [5, 5.41) is 3.58. The van der Waals surface area contributed by atoms with Crippen LogP contribution in [0.5, 0.6) is 0 Å². The number of hydrogen-bond donors (Lipinski definition) is 1. The molecule has 96 valence electrons. The summed E-state index contributed by atoms with van der Waals surface area (Å²) in [6, 6.07) is 1.86. The maximum absolute atomic E-state index is 5.41. The molecule has 0 aromatic carbocycles. The lowest BCUT2D eigenvalue weighted by molar-refractivity contribution is 0.0261. The van der Waals surface area contributed by atoms with Crippen molar-refractivity contribution in [1.29, 1.82) is 0 Å². The summed E-state index contributed by atoms with van der Waals surface area (Å²) in [5.41, 5.74) is 0. The number of likely N-dealkylation sites (N-methyl/N-ethyl adjacent to an activating group) is 1. The van der Waals surface area contributed by atoms with Crippen LogP contribution in [0.15, 0.2) is 0 Å². The van der Waals surface area contributed by atoms with Gasteiger partial charge in [-0.1, -0.05) is 6.92 Å². The highest BCUT2D eigenvalue weighted by molar-refractivity contribution is 4.82. The highest BCUT2D eigenvalue weighted by Crippen LogP contribution is 2.16. The Kier molecular flexibility index (Phi) is 6.32. The average molecular weight is 228 g/mol. The van der Waals surface area contributed by atoms with E-state index in [2.05, 4.69) is 38.0 Å². The van der Waals surface area contributed by atoms with Gasteiger partial charge in [-0.15, -0.1) is 0 Å². The first-order valence-corrected chi connectivity index (χ1v) is 6.69. The van der Waals surface area contributed by atoms with Gasteiger partial charge in [0.05, 0.1) is 0 Å². The minimum atomic E-state index is 0.563. The maximum Gasteiger partial charge on any atom is 0.0480 e. The van der Waals surface area contributed by atoms with Crippen LogP contribution in [0.4, 0.5) is 0 Å². The van der Waals surface area contributed by atoms with E-state index in [1.54, 1.807) is 0 Å². The van der Waals surface area contributed by atoms with Gasteiger partial charge >= 0.3 is 0 Å². The van der Waals surface area contributed by atoms with E-state index < -0.39 is 0 Å². The van der Waals surface area contributed by atoms with Crippen molar-refractivity contribution in [2.75, 3.05) is 26.8 Å². The predicted molar refractivity (Wildman–Crippen MR) is 68.8 cm³/mol. The van der Waals surface area contributed by atoms with E-state index in [0.717, 1.165) is 19.8 Å². The Labute approximate surface area is 101 Å². The molecule has 1 heterocycles. The monoisotopic (exact) mass is 228 g/mol. The molecule has 0 aromatic rings. The Morgan fingerprint density at radius 3 is 2.50 bits per heavy atom. The topological polar surface area (TPSA) is 24.5 Å². The zero-order valence-electron chi connectivity index (χ0n) is 11.3. The van der Waals surface area contributed by atoms with Crippen molar-refractivity contribution in [3.63, 3.8) is 0 Å². The van der Waals surface area contributed by atoms with E-state index in [9.17, 15) is 0 Å². The normalized spacial score (nSPS) is 22.3. The molecule has 1 aliphatic heterocycles. The van der Waals surface area contributed by atoms with Gasteiger partial charge in [0, 0.05) is 31.3 Å². The van der Waals surface area contributed by atoms with Crippen LogP contribution in [0.3, 0.4) is 0 Å². The Balaban J connectivity index is 2.35. The van der Waals surface area contributed by atoms with Crippen molar-refractivity contribution >= 4 is 0 Å². The third-order valence-corrected chi connectivity index (χ3v) is 3.85. The van der Waals surface area contributed by atoms with Gasteiger partial charge in [-0.05, 0) is 46.7 Å². The summed E-state index contributed by atoms with van der Waals surface area (Å²) in [6.45, 7) is 9.80. The van der Waals surface area contributed by atoms with Crippen molar-refractivity contribution in [3.8, 4) is 0 Å². The van der Waals surface area contributed by atoms with E-state index >= 15 is 0 Å². The smallest absolute Gasteiger partial charge is 0.0480 e. The van der Waals surface area contributed by atoms with E-state index in [1.165, 1.54) is 19.3 Å². The van der Waals surface area contributed by atoms with Gasteiger partial charge in [-0.2, -0.15) is 0 Å². The standard InChI is InChI=1S/C13H28N2O/c1-5-8-14-11(2)12(3)15(4)13-6-9-16-10-7-13/h11-14H,5-10H2,1-4H3. The molecule has 2 atom stereocenters. The Morgan fingerprint density at radius 1 is 1.31 bits per heavy atom. The van der Waals surface area contributed by atoms with Gasteiger partial charge < -0.3 is 10.1 Å². The maximum atomic E-state index is 5.41. The molecule has 1 N–H and O–H groups in total. The molecular formula is C13H28N2O. The molecule has 3 nitrogen and oxygen atoms in total. The Bertz CT molecular complexity index is 181. The minimum Gasteiger partial charge on any atom is -0.381 e. The molecule has 3 heteroatoms. The lowest BCUT2D eigenvalue weighted by atomic mass is 10.0. The average Bonchev–Trinajstić information content (AvgIpc) is 2.35. The van der Waals surface area contributed by atoms with Crippen molar-refractivity contribution < 1.29 is 4.74 Å². The first-order valence-electron chi connectivity index (χ1n) is 6.69. The van der Waals surface area contributed by atoms with Crippen LogP contribution >= 0.6 is 0 Å². The fraction of sp³-hybridized carbons (Fsp3) is 1.00. The van der Waals surface area contributed by atoms with Gasteiger partial charge in [0.2, 0.25) is 0 Å². The van der Waals surface area contributed by atoms with Crippen LogP contribution in [-0.4, -0.2) is 49.8 Å². The third kappa shape index (κ3) is 4.04. The summed E-state index contributed by atoms with van der Waals surface area (Å²) < 4.78 is 5.41. The molecule has 0 spiro atoms. The molecular weight excluding hydrogens is 200 g/mol. The molecule has 1 rings (SSSR count). The van der Waals surface area contributed by atoms with Crippen LogP contribution in [0.1, 0.15) is 40.0 Å². The molecule has 0 radical (unpaired) electrons. The molecule has 0 saturated carbocycles. The summed E-state index contributed by atoms with van der Waals surface area (Å²) in [7, 11) is 2.25. The van der Waals surface area contributed by atoms with Crippen molar-refractivity contribution in [3.05, 3.63) is 0 Å². The summed E-state index contributed by atoms with van der Waals surface area (Å²) >= 11 is 0. The number of nitrogens with zero attached hydrogens (tertiary/aromatic N) is 1. The minimum absolute atomic E-state index is 0.563. The lowest BCUT2D eigenvalue weighted by Gasteiger charge is -2.38. The molecule has 0 aromatic heterocycles. The van der Waals surface area contributed by atoms with Gasteiger partial charge in [-0.3, -0.25) is 4.90 Å². The summed E-state index contributed by atoms with van der Waals surface area (Å²) in [4.78, 5) is 2.52. The van der Waals surface area contributed by atoms with Gasteiger partial charge in [0.15, 0.2) is 0 Å². The van der Waals surface area contributed by atoms with E-state index in [1.807, 2.05) is 0 Å². The molecule has 1 fully saturated rings. The molecule has 16 heavy (non-hydrogen) atoms. The van der Waals surface area contributed by atoms with Crippen LogP contribution in [0, 0.1) is 0 Å². The molecule has 0 aliphatic carbocycles. The van der Waals surface area contributed by atoms with Crippen LogP contribution < -0.4 is 5.32 Å². The first-order chi connectivity index (χ1) is 7.66. The second kappa shape index (κ2) is 7.25. The number of ether oxygens (including phenoxy) is 1. The quantitative estimate of drug-likeness (QED) is 0.751. The van der Waals surface area contributed by atoms with Crippen LogP contribution in [0.25, 0.3) is 0 Å². The zero-order chi connectivity index (χ0) is 12.0. The van der Waals surface area contributed by atoms with Crippen molar-refractivity contribution in [1.82, 2.24) is 10.2 Å². The lowest BCUT2D eigenvalue weighted by Crippen LogP contribution is -2.50. The van der Waals surface area contributed by atoms with E-state index in [-0.39, 0.29) is 0 Å². The second-order valence-electron chi connectivity index (χ2n) is 4.99. The highest BCUT2D eigenvalue weighted by atomic mass is 16.5. The molecule has 0 bridgehead atoms. The predicted octanol–water partition coefficient (Wildman–Crippen LogP) is 1.87. The Hall–Kier alpha value is -0.120. The SMILES string of the molecule is CCCNC(C)C(C)N(C)C1CCOCC1. The number of nitrogens with one attached hydrogen (secondary N) is 1. The fourth-order valence-electron chi connectivity index (χ4n) is 2.32. The highest BCUT2D eigenvalue weighted by Gasteiger charge is 2.24. The molecule has 1 saturated heterocycles. The molecule has 0 amide bonds. The van der Waals surface area contributed by atoms with E-state index in [0.29, 0.717) is 18.1 Å². The van der Waals surface area contributed by atoms with Crippen molar-refractivity contribution in [2.45, 2.75) is 58.2 Å². The van der Waals surface area contributed by atoms with Gasteiger partial charge in [0.25, 0.3) is 0 Å². The molecule has 2 unspecified atom stereocenters. The third-order valence-electron chi connectivity index (χ3n) is 3.85. The summed E-state index contributed by atoms with van der Waals surface area (Å²) in [6.07, 6.45) is 3.57. The largest absolute Gasteiger partial charge is 0.381 e. The van der Waals surface area contributed by atoms with Gasteiger partial charge in [0.1, 0.15) is 0 Å². The fourth-order valence-corrected chi connectivity index (χ4v) is 2.32. The Morgan fingerprint density at radius 2 is 1.94 bits per heavy atom. The van der Waals surface area contributed by atoms with Crippen molar-refractivity contribution in [2.24, 2.45) is 0 Å². The van der Waals surface area contributed by atoms with Gasteiger partial charge in [-0.25, -0.2) is 0 Å².